The van der Waals surface area contributed by atoms with Crippen LogP contribution in [0.15, 0.2) is 36.5 Å². The van der Waals surface area contributed by atoms with Crippen molar-refractivity contribution >= 4 is 28.2 Å². The summed E-state index contributed by atoms with van der Waals surface area (Å²) in [6.45, 7) is 0. The maximum atomic E-state index is 6.11. The van der Waals surface area contributed by atoms with Crippen molar-refractivity contribution in [2.75, 3.05) is 5.73 Å². The second-order valence-corrected chi connectivity index (χ2v) is 4.14. The van der Waals surface area contributed by atoms with E-state index in [2.05, 4.69) is 9.97 Å². The highest BCUT2D eigenvalue weighted by molar-refractivity contribution is 6.35. The van der Waals surface area contributed by atoms with E-state index < -0.39 is 0 Å². The highest BCUT2D eigenvalue weighted by atomic mass is 35.5. The van der Waals surface area contributed by atoms with Crippen molar-refractivity contribution in [2.45, 2.75) is 0 Å². The zero-order valence-electron chi connectivity index (χ0n) is 8.42. The van der Waals surface area contributed by atoms with Crippen molar-refractivity contribution in [1.82, 2.24) is 9.97 Å². The number of halogens is 1. The summed E-state index contributed by atoms with van der Waals surface area (Å²) >= 11 is 6.11. The van der Waals surface area contributed by atoms with Gasteiger partial charge in [-0.2, -0.15) is 0 Å². The van der Waals surface area contributed by atoms with Crippen LogP contribution in [0, 0.1) is 0 Å². The monoisotopic (exact) mass is 231 g/mol. The third-order valence-corrected chi connectivity index (χ3v) is 2.94. The summed E-state index contributed by atoms with van der Waals surface area (Å²) in [5.41, 5.74) is 9.36. The first kappa shape index (κ1) is 9.36. The van der Waals surface area contributed by atoms with Crippen LogP contribution in [-0.2, 0) is 0 Å². The molecule has 0 aliphatic carbocycles. The Bertz CT molecular complexity index is 651. The molecular weight excluding hydrogens is 222 g/mol. The van der Waals surface area contributed by atoms with Gasteiger partial charge in [0.15, 0.2) is 0 Å². The Kier molecular flexibility index (Phi) is 1.94. The lowest BCUT2D eigenvalue weighted by Gasteiger charge is -1.90. The molecule has 0 radical (unpaired) electrons. The van der Waals surface area contributed by atoms with Crippen molar-refractivity contribution in [1.29, 1.82) is 0 Å². The van der Waals surface area contributed by atoms with Crippen LogP contribution in [0.4, 0.5) is 5.69 Å². The molecule has 16 heavy (non-hydrogen) atoms. The lowest BCUT2D eigenvalue weighted by Crippen LogP contribution is -1.76. The Morgan fingerprint density at radius 1 is 1.12 bits per heavy atom. The van der Waals surface area contributed by atoms with Crippen molar-refractivity contribution < 1.29 is 0 Å². The number of nitrogens with one attached hydrogen (secondary N) is 2. The number of aromatic nitrogens is 2. The summed E-state index contributed by atoms with van der Waals surface area (Å²) in [4.78, 5) is 6.40. The van der Waals surface area contributed by atoms with Crippen LogP contribution in [0.2, 0.25) is 5.02 Å². The molecule has 0 amide bonds. The fourth-order valence-corrected chi connectivity index (χ4v) is 2.06. The highest BCUT2D eigenvalue weighted by Crippen LogP contribution is 2.28. The maximum absolute atomic E-state index is 6.11. The van der Waals surface area contributed by atoms with Crippen LogP contribution in [0.5, 0.6) is 0 Å². The molecule has 3 rings (SSSR count). The molecule has 0 spiro atoms. The van der Waals surface area contributed by atoms with Crippen LogP contribution >= 0.6 is 11.6 Å². The van der Waals surface area contributed by atoms with Gasteiger partial charge in [-0.05, 0) is 24.3 Å². The first-order chi connectivity index (χ1) is 7.74. The summed E-state index contributed by atoms with van der Waals surface area (Å²) in [7, 11) is 0. The van der Waals surface area contributed by atoms with Gasteiger partial charge in [0, 0.05) is 27.8 Å². The SMILES string of the molecule is Nc1c[nH]c(-c2cc3c(Cl)cccc3[nH]2)c1. The molecular formula is C12H10ClN3. The molecule has 2 heterocycles. The van der Waals surface area contributed by atoms with Gasteiger partial charge in [0.05, 0.1) is 11.4 Å². The van der Waals surface area contributed by atoms with E-state index in [4.69, 9.17) is 17.3 Å². The summed E-state index contributed by atoms with van der Waals surface area (Å²) < 4.78 is 0. The number of rotatable bonds is 1. The lowest BCUT2D eigenvalue weighted by atomic mass is 10.2. The average molecular weight is 232 g/mol. The van der Waals surface area contributed by atoms with Gasteiger partial charge < -0.3 is 15.7 Å². The minimum absolute atomic E-state index is 0.722. The molecule has 0 aliphatic heterocycles. The molecule has 1 aromatic carbocycles. The van der Waals surface area contributed by atoms with Crippen LogP contribution in [0.25, 0.3) is 22.3 Å². The fraction of sp³-hybridized carbons (Fsp3) is 0. The molecule has 0 saturated heterocycles. The number of benzene rings is 1. The number of nitrogen functional groups attached to an aromatic ring is 1. The van der Waals surface area contributed by atoms with Gasteiger partial charge in [0.1, 0.15) is 0 Å². The number of hydrogen-bond acceptors (Lipinski definition) is 1. The number of aromatic amines is 2. The number of anilines is 1. The molecule has 4 heteroatoms. The lowest BCUT2D eigenvalue weighted by molar-refractivity contribution is 1.35. The number of hydrogen-bond donors (Lipinski definition) is 3. The molecule has 3 nitrogen and oxygen atoms in total. The van der Waals surface area contributed by atoms with Gasteiger partial charge in [-0.1, -0.05) is 17.7 Å². The van der Waals surface area contributed by atoms with Crippen LogP contribution < -0.4 is 5.73 Å². The first-order valence-corrected chi connectivity index (χ1v) is 5.33. The molecule has 3 aromatic rings. The summed E-state index contributed by atoms with van der Waals surface area (Å²) in [5, 5.41) is 1.77. The Morgan fingerprint density at radius 2 is 2.00 bits per heavy atom. The maximum Gasteiger partial charge on any atom is 0.0641 e. The molecule has 0 aliphatic rings. The molecule has 0 saturated carbocycles. The van der Waals surface area contributed by atoms with E-state index in [1.165, 1.54) is 0 Å². The van der Waals surface area contributed by atoms with Crippen molar-refractivity contribution in [3.63, 3.8) is 0 Å². The molecule has 0 fully saturated rings. The Labute approximate surface area is 97.2 Å². The van der Waals surface area contributed by atoms with Gasteiger partial charge in [-0.3, -0.25) is 0 Å². The number of fused-ring (bicyclic) bond motifs is 1. The van der Waals surface area contributed by atoms with Gasteiger partial charge in [-0.25, -0.2) is 0 Å². The van der Waals surface area contributed by atoms with E-state index in [1.807, 2.05) is 30.3 Å². The average Bonchev–Trinajstić information content (AvgIpc) is 2.84. The van der Waals surface area contributed by atoms with Gasteiger partial charge >= 0.3 is 0 Å². The van der Waals surface area contributed by atoms with Crippen LogP contribution in [-0.4, -0.2) is 9.97 Å². The molecule has 0 bridgehead atoms. The summed E-state index contributed by atoms with van der Waals surface area (Å²) in [5.74, 6) is 0. The second kappa shape index (κ2) is 3.32. The van der Waals surface area contributed by atoms with Gasteiger partial charge in [0.25, 0.3) is 0 Å². The Hall–Kier alpha value is -1.87. The third kappa shape index (κ3) is 1.37. The molecule has 0 atom stereocenters. The fourth-order valence-electron chi connectivity index (χ4n) is 1.83. The second-order valence-electron chi connectivity index (χ2n) is 3.73. The van der Waals surface area contributed by atoms with E-state index in [9.17, 15) is 0 Å². The highest BCUT2D eigenvalue weighted by Gasteiger charge is 2.06. The van der Waals surface area contributed by atoms with Crippen LogP contribution in [0.3, 0.4) is 0 Å². The zero-order chi connectivity index (χ0) is 11.1. The third-order valence-electron chi connectivity index (χ3n) is 2.61. The molecule has 0 unspecified atom stereocenters. The molecule has 2 aromatic heterocycles. The normalized spacial score (nSPS) is 11.1. The largest absolute Gasteiger partial charge is 0.397 e. The Balaban J connectivity index is 2.22. The minimum Gasteiger partial charge on any atom is -0.397 e. The standard InChI is InChI=1S/C12H10ClN3/c13-9-2-1-3-10-8(9)5-12(16-10)11-4-7(14)6-15-11/h1-6,15-16H,14H2. The Morgan fingerprint density at radius 3 is 2.69 bits per heavy atom. The van der Waals surface area contributed by atoms with Crippen molar-refractivity contribution in [3.05, 3.63) is 41.6 Å². The zero-order valence-corrected chi connectivity index (χ0v) is 9.18. The minimum atomic E-state index is 0.722. The van der Waals surface area contributed by atoms with Gasteiger partial charge in [-0.15, -0.1) is 0 Å². The molecule has 80 valence electrons. The molecule has 4 N–H and O–H groups in total. The van der Waals surface area contributed by atoms with Gasteiger partial charge in [0.2, 0.25) is 0 Å². The van der Waals surface area contributed by atoms with E-state index in [0.717, 1.165) is 33.0 Å². The number of H-pyrrole nitrogens is 2. The summed E-state index contributed by atoms with van der Waals surface area (Å²) in [6, 6.07) is 9.71. The van der Waals surface area contributed by atoms with Crippen LogP contribution in [0.1, 0.15) is 0 Å². The first-order valence-electron chi connectivity index (χ1n) is 4.95. The smallest absolute Gasteiger partial charge is 0.0641 e. The van der Waals surface area contributed by atoms with Crippen molar-refractivity contribution in [2.24, 2.45) is 0 Å². The summed E-state index contributed by atoms with van der Waals surface area (Å²) in [6.07, 6.45) is 1.77. The van der Waals surface area contributed by atoms with E-state index in [-0.39, 0.29) is 0 Å². The quantitative estimate of drug-likeness (QED) is 0.591. The topological polar surface area (TPSA) is 57.6 Å². The van der Waals surface area contributed by atoms with E-state index >= 15 is 0 Å². The van der Waals surface area contributed by atoms with Crippen molar-refractivity contribution in [3.8, 4) is 11.4 Å². The number of nitrogens with two attached hydrogens (primary N) is 1. The van der Waals surface area contributed by atoms with E-state index in [1.54, 1.807) is 6.20 Å². The van der Waals surface area contributed by atoms with E-state index in [0.29, 0.717) is 0 Å². The predicted octanol–water partition coefficient (Wildman–Crippen LogP) is 3.40. The predicted molar refractivity (Wildman–Crippen MR) is 67.5 cm³/mol.